The summed E-state index contributed by atoms with van der Waals surface area (Å²) in [6, 6.07) is 0. The van der Waals surface area contributed by atoms with Gasteiger partial charge in [0.05, 0.1) is 12.3 Å². The number of nitrogens with zero attached hydrogens (tertiary/aromatic N) is 1. The van der Waals surface area contributed by atoms with Crippen molar-refractivity contribution in [1.29, 1.82) is 0 Å². The highest BCUT2D eigenvalue weighted by Crippen LogP contribution is 2.41. The van der Waals surface area contributed by atoms with Crippen molar-refractivity contribution >= 4 is 17.7 Å². The van der Waals surface area contributed by atoms with Crippen LogP contribution in [0.3, 0.4) is 0 Å². The minimum Gasteiger partial charge on any atom is -0.465 e. The zero-order chi connectivity index (χ0) is 15.7. The fourth-order valence-corrected chi connectivity index (χ4v) is 2.64. The van der Waals surface area contributed by atoms with E-state index in [-0.39, 0.29) is 11.9 Å². The summed E-state index contributed by atoms with van der Waals surface area (Å²) >= 11 is 0. The van der Waals surface area contributed by atoms with Crippen molar-refractivity contribution in [2.75, 3.05) is 6.61 Å². The van der Waals surface area contributed by atoms with Gasteiger partial charge in [-0.3, -0.25) is 4.79 Å². The minimum absolute atomic E-state index is 0.269. The summed E-state index contributed by atoms with van der Waals surface area (Å²) in [5.41, 5.74) is -0.122. The van der Waals surface area contributed by atoms with Crippen LogP contribution >= 0.6 is 0 Å². The summed E-state index contributed by atoms with van der Waals surface area (Å²) in [4.78, 5) is 28.8. The lowest BCUT2D eigenvalue weighted by Gasteiger charge is -2.26. The lowest BCUT2D eigenvalue weighted by molar-refractivity contribution is -0.152. The third-order valence-electron chi connectivity index (χ3n) is 3.72. The first-order valence-electron chi connectivity index (χ1n) is 7.66. The molecule has 1 aliphatic rings. The Morgan fingerprint density at radius 3 is 2.81 bits per heavy atom. The number of rotatable bonds is 8. The molecule has 0 aromatic heterocycles. The van der Waals surface area contributed by atoms with Crippen molar-refractivity contribution in [1.82, 2.24) is 0 Å². The van der Waals surface area contributed by atoms with Crippen molar-refractivity contribution in [3.05, 3.63) is 12.7 Å². The molecule has 0 heterocycles. The molecular weight excluding hydrogens is 270 g/mol. The number of hydrogen-bond donors (Lipinski definition) is 0. The molecule has 1 unspecified atom stereocenters. The average Bonchev–Trinajstić information content (AvgIpc) is 2.87. The van der Waals surface area contributed by atoms with Gasteiger partial charge in [0.25, 0.3) is 0 Å². The van der Waals surface area contributed by atoms with Crippen molar-refractivity contribution in [2.24, 2.45) is 10.6 Å². The third kappa shape index (κ3) is 4.41. The summed E-state index contributed by atoms with van der Waals surface area (Å²) in [5, 5.41) is 3.98. The molecule has 1 atom stereocenters. The van der Waals surface area contributed by atoms with Gasteiger partial charge >= 0.3 is 11.9 Å². The minimum atomic E-state index is -0.753. The van der Waals surface area contributed by atoms with Crippen LogP contribution in [0, 0.1) is 5.41 Å². The molecule has 0 saturated heterocycles. The van der Waals surface area contributed by atoms with Gasteiger partial charge in [0.1, 0.15) is 5.41 Å². The Balaban J connectivity index is 2.92. The van der Waals surface area contributed by atoms with Crippen LogP contribution in [0.4, 0.5) is 0 Å². The molecule has 118 valence electrons. The van der Waals surface area contributed by atoms with Gasteiger partial charge in [-0.25, -0.2) is 4.79 Å². The van der Waals surface area contributed by atoms with Crippen molar-refractivity contribution in [3.63, 3.8) is 0 Å². The molecule has 1 aliphatic carbocycles. The van der Waals surface area contributed by atoms with Gasteiger partial charge in [0.2, 0.25) is 0 Å². The van der Waals surface area contributed by atoms with Gasteiger partial charge < -0.3 is 9.57 Å². The Morgan fingerprint density at radius 1 is 1.43 bits per heavy atom. The Morgan fingerprint density at radius 2 is 2.19 bits per heavy atom. The van der Waals surface area contributed by atoms with Crippen LogP contribution < -0.4 is 0 Å². The molecule has 0 bridgehead atoms. The fraction of sp³-hybridized carbons (Fsp3) is 0.688. The molecule has 0 aliphatic heterocycles. The number of hydrogen-bond acceptors (Lipinski definition) is 5. The van der Waals surface area contributed by atoms with Crippen LogP contribution in [0.5, 0.6) is 0 Å². The molecule has 21 heavy (non-hydrogen) atoms. The zero-order valence-corrected chi connectivity index (χ0v) is 13.0. The standard InChI is InChI=1S/C16H25NO4/c1-4-7-11-16(15(19)20-6-3)12-8-10-13(16)17-21-14(18)9-5-2/h4H,1,5-12H2,2-3H3/b17-13+. The summed E-state index contributed by atoms with van der Waals surface area (Å²) in [5.74, 6) is -0.631. The van der Waals surface area contributed by atoms with Crippen LogP contribution in [-0.4, -0.2) is 24.3 Å². The quantitative estimate of drug-likeness (QED) is 0.298. The molecule has 5 heteroatoms. The first-order chi connectivity index (χ1) is 10.1. The molecule has 0 aromatic rings. The maximum Gasteiger partial charge on any atom is 0.334 e. The predicted molar refractivity (Wildman–Crippen MR) is 80.8 cm³/mol. The summed E-state index contributed by atoms with van der Waals surface area (Å²) in [7, 11) is 0. The van der Waals surface area contributed by atoms with Crippen molar-refractivity contribution in [2.45, 2.75) is 58.8 Å². The molecule has 5 nitrogen and oxygen atoms in total. The zero-order valence-electron chi connectivity index (χ0n) is 13.0. The van der Waals surface area contributed by atoms with E-state index in [1.54, 1.807) is 13.0 Å². The van der Waals surface area contributed by atoms with Crippen LogP contribution in [0.25, 0.3) is 0 Å². The van der Waals surface area contributed by atoms with Crippen LogP contribution in [-0.2, 0) is 19.2 Å². The lowest BCUT2D eigenvalue weighted by atomic mass is 9.80. The SMILES string of the molecule is C=CCCC1(C(=O)OCC)CCC/C1=N\OC(=O)CCC. The monoisotopic (exact) mass is 295 g/mol. The van der Waals surface area contributed by atoms with Gasteiger partial charge in [-0.15, -0.1) is 6.58 Å². The Kier molecular flexibility index (Phi) is 7.12. The molecule has 0 spiro atoms. The van der Waals surface area contributed by atoms with Crippen LogP contribution in [0.15, 0.2) is 17.8 Å². The van der Waals surface area contributed by atoms with Gasteiger partial charge in [-0.05, 0) is 45.4 Å². The average molecular weight is 295 g/mol. The van der Waals surface area contributed by atoms with Gasteiger partial charge in [0, 0.05) is 6.42 Å². The number of ether oxygens (including phenoxy) is 1. The van der Waals surface area contributed by atoms with Crippen molar-refractivity contribution in [3.8, 4) is 0 Å². The predicted octanol–water partition coefficient (Wildman–Crippen LogP) is 3.39. The van der Waals surface area contributed by atoms with Crippen LogP contribution in [0.1, 0.15) is 58.8 Å². The van der Waals surface area contributed by atoms with Crippen molar-refractivity contribution < 1.29 is 19.2 Å². The smallest absolute Gasteiger partial charge is 0.334 e. The maximum absolute atomic E-state index is 12.4. The highest BCUT2D eigenvalue weighted by atomic mass is 16.7. The van der Waals surface area contributed by atoms with Crippen LogP contribution in [0.2, 0.25) is 0 Å². The van der Waals surface area contributed by atoms with E-state index in [9.17, 15) is 9.59 Å². The number of oxime groups is 1. The third-order valence-corrected chi connectivity index (χ3v) is 3.72. The first kappa shape index (κ1) is 17.4. The second-order valence-electron chi connectivity index (χ2n) is 5.23. The Bertz CT molecular complexity index is 417. The van der Waals surface area contributed by atoms with Gasteiger partial charge in [0.15, 0.2) is 0 Å². The van der Waals surface area contributed by atoms with E-state index in [1.807, 2.05) is 6.92 Å². The highest BCUT2D eigenvalue weighted by Gasteiger charge is 2.48. The molecule has 1 fully saturated rings. The van der Waals surface area contributed by atoms with E-state index >= 15 is 0 Å². The summed E-state index contributed by atoms with van der Waals surface area (Å²) in [6.07, 6.45) is 6.30. The van der Waals surface area contributed by atoms with E-state index < -0.39 is 5.41 Å². The molecule has 0 aromatic carbocycles. The van der Waals surface area contributed by atoms with E-state index in [0.717, 1.165) is 6.42 Å². The largest absolute Gasteiger partial charge is 0.465 e. The number of esters is 1. The molecular formula is C16H25NO4. The Labute approximate surface area is 126 Å². The number of carbonyl (C=O) groups excluding carboxylic acids is 2. The number of allylic oxidation sites excluding steroid dienone is 1. The normalized spacial score (nSPS) is 23.0. The second-order valence-corrected chi connectivity index (χ2v) is 5.23. The topological polar surface area (TPSA) is 65.0 Å². The molecule has 1 rings (SSSR count). The maximum atomic E-state index is 12.4. The fourth-order valence-electron chi connectivity index (χ4n) is 2.64. The Hall–Kier alpha value is -1.65. The number of carbonyl (C=O) groups is 2. The summed E-state index contributed by atoms with van der Waals surface area (Å²) < 4.78 is 5.22. The molecule has 0 amide bonds. The summed E-state index contributed by atoms with van der Waals surface area (Å²) in [6.45, 7) is 7.72. The van der Waals surface area contributed by atoms with Gasteiger partial charge in [-0.2, -0.15) is 0 Å². The lowest BCUT2D eigenvalue weighted by Crippen LogP contribution is -2.37. The van der Waals surface area contributed by atoms with Gasteiger partial charge in [-0.1, -0.05) is 18.2 Å². The van der Waals surface area contributed by atoms with E-state index in [0.29, 0.717) is 50.8 Å². The molecule has 0 N–H and O–H groups in total. The molecule has 1 saturated carbocycles. The van der Waals surface area contributed by atoms with E-state index in [4.69, 9.17) is 9.57 Å². The molecule has 0 radical (unpaired) electrons. The highest BCUT2D eigenvalue weighted by molar-refractivity contribution is 6.08. The second kappa shape index (κ2) is 8.60. The first-order valence-corrected chi connectivity index (χ1v) is 7.66. The van der Waals surface area contributed by atoms with E-state index in [1.165, 1.54) is 0 Å². The van der Waals surface area contributed by atoms with E-state index in [2.05, 4.69) is 11.7 Å².